The second-order valence-electron chi connectivity index (χ2n) is 6.66. The number of benzene rings is 1. The Morgan fingerprint density at radius 2 is 1.74 bits per heavy atom. The van der Waals surface area contributed by atoms with Crippen LogP contribution in [0.25, 0.3) is 0 Å². The van der Waals surface area contributed by atoms with Gasteiger partial charge in [-0.1, -0.05) is 11.6 Å². The van der Waals surface area contributed by atoms with E-state index < -0.39 is 11.4 Å². The third kappa shape index (κ3) is 4.54. The molecule has 0 saturated carbocycles. The second-order valence-corrected chi connectivity index (χ2v) is 7.09. The van der Waals surface area contributed by atoms with Gasteiger partial charge < -0.3 is 19.9 Å². The minimum atomic E-state index is -0.778. The first kappa shape index (κ1) is 21.9. The predicted octanol–water partition coefficient (Wildman–Crippen LogP) is 1.95. The van der Waals surface area contributed by atoms with Crippen LogP contribution in [-0.2, 0) is 9.53 Å². The van der Waals surface area contributed by atoms with Crippen LogP contribution >= 0.6 is 24.0 Å². The molecule has 1 N–H and O–H groups in total. The van der Waals surface area contributed by atoms with Crippen molar-refractivity contribution in [1.82, 2.24) is 15.1 Å². The lowest BCUT2D eigenvalue weighted by Gasteiger charge is -2.42. The van der Waals surface area contributed by atoms with Crippen molar-refractivity contribution in [1.29, 1.82) is 0 Å². The van der Waals surface area contributed by atoms with Crippen LogP contribution in [0.1, 0.15) is 23.2 Å². The summed E-state index contributed by atoms with van der Waals surface area (Å²) in [7, 11) is 1.58. The Morgan fingerprint density at radius 3 is 2.30 bits per heavy atom. The highest BCUT2D eigenvalue weighted by atomic mass is 35.5. The third-order valence-corrected chi connectivity index (χ3v) is 5.44. The highest BCUT2D eigenvalue weighted by Gasteiger charge is 2.43. The normalized spacial score (nSPS) is 19.4. The number of amides is 2. The molecule has 0 aromatic heterocycles. The fraction of sp³-hybridized carbons (Fsp3) is 0.556. The SMILES string of the molecule is COC1(C(=O)N2CCN(C(=O)c3ccc(Cl)cc3F)CC2)CCNCC1.Cl. The van der Waals surface area contributed by atoms with E-state index in [0.717, 1.165) is 19.2 Å². The molecule has 0 aliphatic carbocycles. The van der Waals surface area contributed by atoms with Gasteiger partial charge in [0.05, 0.1) is 5.56 Å². The highest BCUT2D eigenvalue weighted by molar-refractivity contribution is 6.30. The fourth-order valence-corrected chi connectivity index (χ4v) is 3.73. The number of nitrogens with zero attached hydrogens (tertiary/aromatic N) is 2. The highest BCUT2D eigenvalue weighted by Crippen LogP contribution is 2.26. The minimum Gasteiger partial charge on any atom is -0.368 e. The van der Waals surface area contributed by atoms with Crippen molar-refractivity contribution in [3.8, 4) is 0 Å². The van der Waals surface area contributed by atoms with Crippen molar-refractivity contribution in [2.24, 2.45) is 0 Å². The summed E-state index contributed by atoms with van der Waals surface area (Å²) in [5.74, 6) is -1.03. The molecular formula is C18H24Cl2FN3O3. The summed E-state index contributed by atoms with van der Waals surface area (Å²) in [6, 6.07) is 4.03. The van der Waals surface area contributed by atoms with Crippen LogP contribution in [0.15, 0.2) is 18.2 Å². The van der Waals surface area contributed by atoms with Gasteiger partial charge in [-0.05, 0) is 44.1 Å². The molecule has 0 unspecified atom stereocenters. The number of piperazine rings is 1. The van der Waals surface area contributed by atoms with E-state index in [-0.39, 0.29) is 34.8 Å². The number of hydrogen-bond acceptors (Lipinski definition) is 4. The smallest absolute Gasteiger partial charge is 0.256 e. The van der Waals surface area contributed by atoms with Crippen molar-refractivity contribution in [2.45, 2.75) is 18.4 Å². The number of carbonyl (C=O) groups is 2. The van der Waals surface area contributed by atoms with Gasteiger partial charge in [-0.3, -0.25) is 9.59 Å². The van der Waals surface area contributed by atoms with Gasteiger partial charge in [-0.2, -0.15) is 0 Å². The lowest BCUT2D eigenvalue weighted by molar-refractivity contribution is -0.159. The van der Waals surface area contributed by atoms with Gasteiger partial charge in [0.2, 0.25) is 0 Å². The van der Waals surface area contributed by atoms with Crippen molar-refractivity contribution in [2.75, 3.05) is 46.4 Å². The quantitative estimate of drug-likeness (QED) is 0.812. The average molecular weight is 420 g/mol. The maximum atomic E-state index is 14.0. The Balaban J connectivity index is 0.00000261. The molecule has 2 aliphatic heterocycles. The molecule has 0 spiro atoms. The largest absolute Gasteiger partial charge is 0.368 e. The molecule has 27 heavy (non-hydrogen) atoms. The number of piperidine rings is 1. The number of rotatable bonds is 3. The van der Waals surface area contributed by atoms with Crippen LogP contribution in [0, 0.1) is 5.82 Å². The fourth-order valence-electron chi connectivity index (χ4n) is 3.57. The van der Waals surface area contributed by atoms with E-state index in [0.29, 0.717) is 39.0 Å². The molecule has 1 aromatic carbocycles. The molecule has 2 heterocycles. The van der Waals surface area contributed by atoms with Crippen molar-refractivity contribution < 1.29 is 18.7 Å². The van der Waals surface area contributed by atoms with Gasteiger partial charge in [0.15, 0.2) is 0 Å². The molecule has 0 atom stereocenters. The third-order valence-electron chi connectivity index (χ3n) is 5.21. The van der Waals surface area contributed by atoms with Crippen LogP contribution in [0.2, 0.25) is 5.02 Å². The van der Waals surface area contributed by atoms with E-state index in [9.17, 15) is 14.0 Å². The summed E-state index contributed by atoms with van der Waals surface area (Å²) in [4.78, 5) is 28.8. The van der Waals surface area contributed by atoms with Crippen molar-refractivity contribution in [3.63, 3.8) is 0 Å². The second kappa shape index (κ2) is 9.19. The molecule has 0 radical (unpaired) electrons. The molecule has 3 rings (SSSR count). The Bertz CT molecular complexity index is 690. The Kier molecular flexibility index (Phi) is 7.45. The van der Waals surface area contributed by atoms with Gasteiger partial charge in [-0.25, -0.2) is 4.39 Å². The number of carbonyl (C=O) groups excluding carboxylic acids is 2. The monoisotopic (exact) mass is 419 g/mol. The summed E-state index contributed by atoms with van der Waals surface area (Å²) < 4.78 is 19.6. The lowest BCUT2D eigenvalue weighted by atomic mass is 9.90. The lowest BCUT2D eigenvalue weighted by Crippen LogP contribution is -2.59. The molecule has 2 fully saturated rings. The molecule has 2 amide bonds. The maximum absolute atomic E-state index is 14.0. The summed E-state index contributed by atoms with van der Waals surface area (Å²) in [5.41, 5.74) is -0.777. The number of halogens is 3. The van der Waals surface area contributed by atoms with Crippen molar-refractivity contribution in [3.05, 3.63) is 34.6 Å². The van der Waals surface area contributed by atoms with E-state index in [2.05, 4.69) is 5.32 Å². The Labute approximate surface area is 169 Å². The van der Waals surface area contributed by atoms with E-state index in [1.54, 1.807) is 16.9 Å². The molecule has 2 aliphatic rings. The average Bonchev–Trinajstić information content (AvgIpc) is 2.67. The number of nitrogens with one attached hydrogen (secondary N) is 1. The van der Waals surface area contributed by atoms with Crippen LogP contribution < -0.4 is 5.32 Å². The topological polar surface area (TPSA) is 61.9 Å². The number of methoxy groups -OCH3 is 1. The first-order chi connectivity index (χ1) is 12.5. The maximum Gasteiger partial charge on any atom is 0.256 e. The molecule has 2 saturated heterocycles. The van der Waals surface area contributed by atoms with E-state index >= 15 is 0 Å². The minimum absolute atomic E-state index is 0. The van der Waals surface area contributed by atoms with E-state index in [1.807, 2.05) is 0 Å². The molecule has 1 aromatic rings. The zero-order valence-electron chi connectivity index (χ0n) is 15.2. The number of ether oxygens (including phenoxy) is 1. The van der Waals surface area contributed by atoms with Crippen LogP contribution in [-0.4, -0.2) is 73.6 Å². The molecular weight excluding hydrogens is 396 g/mol. The summed E-state index contributed by atoms with van der Waals surface area (Å²) in [5, 5.41) is 3.48. The van der Waals surface area contributed by atoms with Crippen LogP contribution in [0.4, 0.5) is 4.39 Å². The predicted molar refractivity (Wildman–Crippen MR) is 103 cm³/mol. The Morgan fingerprint density at radius 1 is 1.15 bits per heavy atom. The number of hydrogen-bond donors (Lipinski definition) is 1. The van der Waals surface area contributed by atoms with Gasteiger partial charge in [0.25, 0.3) is 11.8 Å². The Hall–Kier alpha value is -1.41. The van der Waals surface area contributed by atoms with Gasteiger partial charge in [0.1, 0.15) is 11.4 Å². The molecule has 0 bridgehead atoms. The van der Waals surface area contributed by atoms with E-state index in [1.165, 1.54) is 12.1 Å². The van der Waals surface area contributed by atoms with Crippen LogP contribution in [0.3, 0.4) is 0 Å². The molecule has 6 nitrogen and oxygen atoms in total. The van der Waals surface area contributed by atoms with Crippen molar-refractivity contribution >= 4 is 35.8 Å². The van der Waals surface area contributed by atoms with Gasteiger partial charge in [-0.15, -0.1) is 12.4 Å². The first-order valence-electron chi connectivity index (χ1n) is 8.76. The molecule has 9 heteroatoms. The molecule has 150 valence electrons. The summed E-state index contributed by atoms with van der Waals surface area (Å²) >= 11 is 5.74. The zero-order valence-corrected chi connectivity index (χ0v) is 16.7. The standard InChI is InChI=1S/C18H23ClFN3O3.ClH/c1-26-18(4-6-21-7-5-18)17(25)23-10-8-22(9-11-23)16(24)14-3-2-13(19)12-15(14)20;/h2-3,12,21H,4-11H2,1H3;1H. The van der Waals surface area contributed by atoms with Crippen LogP contribution in [0.5, 0.6) is 0 Å². The summed E-state index contributed by atoms with van der Waals surface area (Å²) in [6.07, 6.45) is 1.27. The van der Waals surface area contributed by atoms with Gasteiger partial charge in [0, 0.05) is 38.3 Å². The zero-order chi connectivity index (χ0) is 18.7. The van der Waals surface area contributed by atoms with Gasteiger partial charge >= 0.3 is 0 Å². The summed E-state index contributed by atoms with van der Waals surface area (Å²) in [6.45, 7) is 3.05. The first-order valence-corrected chi connectivity index (χ1v) is 9.14. The van der Waals surface area contributed by atoms with E-state index in [4.69, 9.17) is 16.3 Å².